The molecule has 1 heterocycles. The van der Waals surface area contributed by atoms with Crippen LogP contribution in [-0.4, -0.2) is 4.98 Å². The van der Waals surface area contributed by atoms with Gasteiger partial charge in [0.15, 0.2) is 5.75 Å². The molecule has 0 bridgehead atoms. The maximum Gasteiger partial charge on any atom is 0.151 e. The summed E-state index contributed by atoms with van der Waals surface area (Å²) in [6, 6.07) is 15.8. The monoisotopic (exact) mass is 278 g/mol. The highest BCUT2D eigenvalue weighted by Gasteiger charge is 2.07. The lowest BCUT2D eigenvalue weighted by molar-refractivity contribution is 0.485. The van der Waals surface area contributed by atoms with Crippen molar-refractivity contribution in [2.45, 2.75) is 19.8 Å². The second-order valence-electron chi connectivity index (χ2n) is 5.04. The predicted octanol–water partition coefficient (Wildman–Crippen LogP) is 4.56. The second kappa shape index (κ2) is 5.83. The first-order chi connectivity index (χ1) is 10.3. The Morgan fingerprint density at radius 2 is 1.86 bits per heavy atom. The van der Waals surface area contributed by atoms with E-state index in [0.717, 1.165) is 29.5 Å². The lowest BCUT2D eigenvalue weighted by Gasteiger charge is -2.11. The zero-order valence-corrected chi connectivity index (χ0v) is 12.0. The van der Waals surface area contributed by atoms with Crippen LogP contribution in [0.15, 0.2) is 54.7 Å². The van der Waals surface area contributed by atoms with Gasteiger partial charge in [0.25, 0.3) is 0 Å². The summed E-state index contributed by atoms with van der Waals surface area (Å²) in [5.74, 6) is 1.46. The van der Waals surface area contributed by atoms with Crippen LogP contribution in [0.2, 0.25) is 0 Å². The minimum Gasteiger partial charge on any atom is -0.455 e. The summed E-state index contributed by atoms with van der Waals surface area (Å²) in [5, 5.41) is 0.914. The fraction of sp³-hybridized carbons (Fsp3) is 0.167. The summed E-state index contributed by atoms with van der Waals surface area (Å²) in [5.41, 5.74) is 9.00. The number of ether oxygens (including phenoxy) is 1. The lowest BCUT2D eigenvalue weighted by Crippen LogP contribution is -1.94. The number of hydrogen-bond donors (Lipinski definition) is 1. The van der Waals surface area contributed by atoms with Crippen molar-refractivity contribution in [3.8, 4) is 11.5 Å². The third kappa shape index (κ3) is 2.82. The number of rotatable bonds is 4. The van der Waals surface area contributed by atoms with Crippen molar-refractivity contribution in [1.82, 2.24) is 4.98 Å². The highest BCUT2D eigenvalue weighted by molar-refractivity contribution is 5.93. The molecule has 0 aliphatic carbocycles. The zero-order valence-electron chi connectivity index (χ0n) is 12.0. The summed E-state index contributed by atoms with van der Waals surface area (Å²) in [6.07, 6.45) is 3.99. The van der Waals surface area contributed by atoms with E-state index in [2.05, 4.69) is 24.0 Å². The first kappa shape index (κ1) is 13.4. The molecule has 1 aromatic heterocycles. The highest BCUT2D eigenvalue weighted by atomic mass is 16.5. The van der Waals surface area contributed by atoms with Gasteiger partial charge in [-0.05, 0) is 48.4 Å². The largest absolute Gasteiger partial charge is 0.455 e. The van der Waals surface area contributed by atoms with E-state index in [9.17, 15) is 0 Å². The molecule has 2 N–H and O–H groups in total. The van der Waals surface area contributed by atoms with Gasteiger partial charge in [-0.3, -0.25) is 4.98 Å². The number of benzene rings is 2. The number of anilines is 1. The van der Waals surface area contributed by atoms with Gasteiger partial charge in [-0.15, -0.1) is 0 Å². The normalized spacial score (nSPS) is 10.7. The summed E-state index contributed by atoms with van der Waals surface area (Å²) in [7, 11) is 0. The minimum absolute atomic E-state index is 0.623. The minimum atomic E-state index is 0.623. The quantitative estimate of drug-likeness (QED) is 0.711. The van der Waals surface area contributed by atoms with Gasteiger partial charge in [0, 0.05) is 11.6 Å². The number of pyridine rings is 1. The Morgan fingerprint density at radius 1 is 1.05 bits per heavy atom. The van der Waals surface area contributed by atoms with Gasteiger partial charge in [-0.2, -0.15) is 0 Å². The van der Waals surface area contributed by atoms with Crippen LogP contribution in [0.1, 0.15) is 18.9 Å². The molecule has 2 aromatic carbocycles. The van der Waals surface area contributed by atoms with Crippen molar-refractivity contribution in [1.29, 1.82) is 0 Å². The Kier molecular flexibility index (Phi) is 3.73. The first-order valence-electron chi connectivity index (χ1n) is 7.18. The topological polar surface area (TPSA) is 48.1 Å². The van der Waals surface area contributed by atoms with Gasteiger partial charge in [-0.25, -0.2) is 0 Å². The molecular formula is C18H18N2O. The predicted molar refractivity (Wildman–Crippen MR) is 86.7 cm³/mol. The standard InChI is InChI=1S/C18H18N2O/c1-2-4-13-6-8-14(9-7-13)21-17-11-10-16-15(18(17)19)5-3-12-20-16/h3,5-12H,2,4,19H2,1H3. The number of aromatic nitrogens is 1. The molecule has 21 heavy (non-hydrogen) atoms. The van der Waals surface area contributed by atoms with Crippen LogP contribution >= 0.6 is 0 Å². The average molecular weight is 278 g/mol. The molecule has 3 nitrogen and oxygen atoms in total. The molecule has 0 unspecified atom stereocenters. The average Bonchev–Trinajstić information content (AvgIpc) is 2.52. The highest BCUT2D eigenvalue weighted by Crippen LogP contribution is 2.32. The Bertz CT molecular complexity index is 751. The molecule has 3 rings (SSSR count). The third-order valence-corrected chi connectivity index (χ3v) is 3.48. The second-order valence-corrected chi connectivity index (χ2v) is 5.04. The summed E-state index contributed by atoms with van der Waals surface area (Å²) < 4.78 is 5.90. The Hall–Kier alpha value is -2.55. The van der Waals surface area contributed by atoms with E-state index < -0.39 is 0 Å². The maximum atomic E-state index is 6.18. The van der Waals surface area contributed by atoms with Gasteiger partial charge >= 0.3 is 0 Å². The molecule has 0 saturated heterocycles. The van der Waals surface area contributed by atoms with Crippen molar-refractivity contribution in [3.05, 3.63) is 60.3 Å². The third-order valence-electron chi connectivity index (χ3n) is 3.48. The van der Waals surface area contributed by atoms with Crippen molar-refractivity contribution in [3.63, 3.8) is 0 Å². The van der Waals surface area contributed by atoms with Crippen LogP contribution in [0.25, 0.3) is 10.9 Å². The van der Waals surface area contributed by atoms with Gasteiger partial charge in [0.1, 0.15) is 5.75 Å². The van der Waals surface area contributed by atoms with Crippen molar-refractivity contribution < 1.29 is 4.74 Å². The smallest absolute Gasteiger partial charge is 0.151 e. The van der Waals surface area contributed by atoms with Crippen LogP contribution in [0.3, 0.4) is 0 Å². The summed E-state index contributed by atoms with van der Waals surface area (Å²) in [4.78, 5) is 4.29. The maximum absolute atomic E-state index is 6.18. The number of fused-ring (bicyclic) bond motifs is 1. The Labute approximate surface area is 124 Å². The van der Waals surface area contributed by atoms with Gasteiger partial charge in [0.2, 0.25) is 0 Å². The molecule has 0 fully saturated rings. The van der Waals surface area contributed by atoms with E-state index >= 15 is 0 Å². The van der Waals surface area contributed by atoms with Crippen LogP contribution in [0.4, 0.5) is 5.69 Å². The molecular weight excluding hydrogens is 260 g/mol. The van der Waals surface area contributed by atoms with E-state index in [-0.39, 0.29) is 0 Å². The summed E-state index contributed by atoms with van der Waals surface area (Å²) >= 11 is 0. The van der Waals surface area contributed by atoms with Crippen molar-refractivity contribution in [2.75, 3.05) is 5.73 Å². The number of aryl methyl sites for hydroxylation is 1. The number of nitrogen functional groups attached to an aromatic ring is 1. The van der Waals surface area contributed by atoms with Gasteiger partial charge in [-0.1, -0.05) is 25.5 Å². The van der Waals surface area contributed by atoms with Crippen LogP contribution in [0, 0.1) is 0 Å². The van der Waals surface area contributed by atoms with Gasteiger partial charge < -0.3 is 10.5 Å². The number of nitrogens with zero attached hydrogens (tertiary/aromatic N) is 1. The van der Waals surface area contributed by atoms with Crippen LogP contribution < -0.4 is 10.5 Å². The molecule has 0 spiro atoms. The molecule has 0 amide bonds. The van der Waals surface area contributed by atoms with Crippen molar-refractivity contribution in [2.24, 2.45) is 0 Å². The number of hydrogen-bond acceptors (Lipinski definition) is 3. The van der Waals surface area contributed by atoms with Crippen LogP contribution in [0.5, 0.6) is 11.5 Å². The fourth-order valence-corrected chi connectivity index (χ4v) is 2.38. The lowest BCUT2D eigenvalue weighted by atomic mass is 10.1. The molecule has 106 valence electrons. The molecule has 0 aliphatic rings. The molecule has 0 saturated carbocycles. The van der Waals surface area contributed by atoms with Crippen molar-refractivity contribution >= 4 is 16.6 Å². The first-order valence-corrected chi connectivity index (χ1v) is 7.18. The van der Waals surface area contributed by atoms with E-state index in [4.69, 9.17) is 10.5 Å². The molecule has 0 atom stereocenters. The Morgan fingerprint density at radius 3 is 2.62 bits per heavy atom. The van der Waals surface area contributed by atoms with Crippen LogP contribution in [-0.2, 0) is 6.42 Å². The Balaban J connectivity index is 1.89. The summed E-state index contributed by atoms with van der Waals surface area (Å²) in [6.45, 7) is 2.17. The molecule has 3 heteroatoms. The van der Waals surface area contributed by atoms with Gasteiger partial charge in [0.05, 0.1) is 11.2 Å². The molecule has 3 aromatic rings. The zero-order chi connectivity index (χ0) is 14.7. The SMILES string of the molecule is CCCc1ccc(Oc2ccc3ncccc3c2N)cc1. The molecule has 0 radical (unpaired) electrons. The van der Waals surface area contributed by atoms with E-state index in [0.29, 0.717) is 11.4 Å². The van der Waals surface area contributed by atoms with E-state index in [1.54, 1.807) is 6.20 Å². The molecule has 0 aliphatic heterocycles. The van der Waals surface area contributed by atoms with E-state index in [1.807, 2.05) is 36.4 Å². The number of nitrogens with two attached hydrogens (primary N) is 1. The van der Waals surface area contributed by atoms with E-state index in [1.165, 1.54) is 5.56 Å². The fourth-order valence-electron chi connectivity index (χ4n) is 2.38.